The fraction of sp³-hybridized carbons (Fsp3) is 0.136. The molecule has 0 aliphatic carbocycles. The van der Waals surface area contributed by atoms with Crippen molar-refractivity contribution >= 4 is 18.0 Å². The number of nitrogens with two attached hydrogens (primary N) is 1. The Kier molecular flexibility index (Phi) is 6.09. The summed E-state index contributed by atoms with van der Waals surface area (Å²) in [7, 11) is 0. The third kappa shape index (κ3) is 5.10. The zero-order chi connectivity index (χ0) is 20.8. The van der Waals surface area contributed by atoms with Crippen LogP contribution in [0, 0.1) is 13.8 Å². The lowest BCUT2D eigenvalue weighted by Crippen LogP contribution is -2.20. The summed E-state index contributed by atoms with van der Waals surface area (Å²) in [5, 5.41) is 4.00. The molecule has 2 aromatic carbocycles. The van der Waals surface area contributed by atoms with Gasteiger partial charge in [0.15, 0.2) is 6.61 Å². The topological polar surface area (TPSA) is 98.7 Å². The molecule has 29 heavy (non-hydrogen) atoms. The van der Waals surface area contributed by atoms with Crippen molar-refractivity contribution in [2.45, 2.75) is 13.8 Å². The molecule has 3 N–H and O–H groups in total. The molecule has 0 saturated carbocycles. The molecule has 148 valence electrons. The molecule has 0 aliphatic rings. The molecule has 3 rings (SSSR count). The second-order valence-corrected chi connectivity index (χ2v) is 6.52. The number of rotatable bonds is 7. The number of carbonyl (C=O) groups is 2. The first-order valence-electron chi connectivity index (χ1n) is 9.04. The molecule has 3 aromatic rings. The van der Waals surface area contributed by atoms with Gasteiger partial charge in [0.1, 0.15) is 5.75 Å². The van der Waals surface area contributed by atoms with Gasteiger partial charge in [-0.05, 0) is 74.0 Å². The van der Waals surface area contributed by atoms with Crippen LogP contribution in [0.5, 0.6) is 5.75 Å². The fourth-order valence-electron chi connectivity index (χ4n) is 2.90. The van der Waals surface area contributed by atoms with E-state index in [-0.39, 0.29) is 12.5 Å². The molecule has 1 heterocycles. The number of nitrogens with one attached hydrogen (secondary N) is 1. The Labute approximate surface area is 168 Å². The molecule has 0 aliphatic heterocycles. The molecule has 0 bridgehead atoms. The van der Waals surface area contributed by atoms with Gasteiger partial charge in [0.2, 0.25) is 0 Å². The highest BCUT2D eigenvalue weighted by atomic mass is 16.5. The molecule has 2 amide bonds. The molecule has 0 spiro atoms. The van der Waals surface area contributed by atoms with E-state index in [9.17, 15) is 9.59 Å². The lowest BCUT2D eigenvalue weighted by atomic mass is 10.2. The Morgan fingerprint density at radius 3 is 2.41 bits per heavy atom. The van der Waals surface area contributed by atoms with Crippen LogP contribution in [0.3, 0.4) is 0 Å². The maximum Gasteiger partial charge on any atom is 0.271 e. The predicted molar refractivity (Wildman–Crippen MR) is 111 cm³/mol. The van der Waals surface area contributed by atoms with Crippen LogP contribution < -0.4 is 15.9 Å². The fourth-order valence-corrected chi connectivity index (χ4v) is 2.90. The summed E-state index contributed by atoms with van der Waals surface area (Å²) in [6, 6.07) is 18.3. The number of hydrogen-bond donors (Lipinski definition) is 2. The smallest absolute Gasteiger partial charge is 0.271 e. The summed E-state index contributed by atoms with van der Waals surface area (Å²) in [6.45, 7) is 3.87. The molecule has 1 aromatic heterocycles. The zero-order valence-corrected chi connectivity index (χ0v) is 16.3. The van der Waals surface area contributed by atoms with Gasteiger partial charge >= 0.3 is 0 Å². The van der Waals surface area contributed by atoms with Gasteiger partial charge in [-0.1, -0.05) is 6.07 Å². The zero-order valence-electron chi connectivity index (χ0n) is 16.3. The molecule has 0 unspecified atom stereocenters. The number of benzene rings is 2. The van der Waals surface area contributed by atoms with Crippen molar-refractivity contribution in [2.75, 3.05) is 6.61 Å². The number of nitrogens with zero attached hydrogens (tertiary/aromatic N) is 2. The number of carbonyl (C=O) groups excluding carboxylic acids is 2. The number of hydrazone groups is 1. The Morgan fingerprint density at radius 2 is 1.76 bits per heavy atom. The lowest BCUT2D eigenvalue weighted by molar-refractivity contribution is -0.119. The van der Waals surface area contributed by atoms with E-state index in [1.807, 2.05) is 44.2 Å². The van der Waals surface area contributed by atoms with Crippen LogP contribution in [-0.2, 0) is 4.79 Å². The van der Waals surface area contributed by atoms with Crippen molar-refractivity contribution in [2.24, 2.45) is 10.8 Å². The van der Waals surface area contributed by atoms with Gasteiger partial charge in [0.25, 0.3) is 11.8 Å². The number of aryl methyl sites for hydroxylation is 2. The van der Waals surface area contributed by atoms with E-state index >= 15 is 0 Å². The monoisotopic (exact) mass is 390 g/mol. The minimum atomic E-state index is -0.537. The van der Waals surface area contributed by atoms with Gasteiger partial charge in [-0.25, -0.2) is 5.43 Å². The molecule has 7 heteroatoms. The van der Waals surface area contributed by atoms with Crippen molar-refractivity contribution in [3.05, 3.63) is 83.2 Å². The van der Waals surface area contributed by atoms with Crippen LogP contribution in [-0.4, -0.2) is 29.2 Å². The van der Waals surface area contributed by atoms with Crippen LogP contribution in [0.1, 0.15) is 27.3 Å². The van der Waals surface area contributed by atoms with E-state index in [4.69, 9.17) is 10.5 Å². The van der Waals surface area contributed by atoms with Gasteiger partial charge in [0, 0.05) is 22.6 Å². The van der Waals surface area contributed by atoms with Crippen molar-refractivity contribution in [3.8, 4) is 11.4 Å². The standard InChI is InChI=1S/C22H22N4O3/c1-15-6-7-16(2)26(15)19-5-3-4-18(12-19)22(28)25-24-13-17-8-10-20(11-9-17)29-14-21(23)27/h3-13H,14H2,1-2H3,(H2,23,27)(H,25,28)/b24-13-. The van der Waals surface area contributed by atoms with E-state index < -0.39 is 5.91 Å². The highest BCUT2D eigenvalue weighted by Crippen LogP contribution is 2.17. The Hall–Kier alpha value is -3.87. The largest absolute Gasteiger partial charge is 0.484 e. The average molecular weight is 390 g/mol. The lowest BCUT2D eigenvalue weighted by Gasteiger charge is -2.10. The van der Waals surface area contributed by atoms with Gasteiger partial charge in [0.05, 0.1) is 6.21 Å². The second kappa shape index (κ2) is 8.88. The summed E-state index contributed by atoms with van der Waals surface area (Å²) in [6.07, 6.45) is 1.53. The summed E-state index contributed by atoms with van der Waals surface area (Å²) in [4.78, 5) is 23.1. The second-order valence-electron chi connectivity index (χ2n) is 6.52. The highest BCUT2D eigenvalue weighted by Gasteiger charge is 2.08. The summed E-state index contributed by atoms with van der Waals surface area (Å²) >= 11 is 0. The van der Waals surface area contributed by atoms with Crippen LogP contribution >= 0.6 is 0 Å². The minimum absolute atomic E-state index is 0.176. The van der Waals surface area contributed by atoms with Crippen LogP contribution in [0.25, 0.3) is 5.69 Å². The predicted octanol–water partition coefficient (Wildman–Crippen LogP) is 2.72. The summed E-state index contributed by atoms with van der Waals surface area (Å²) in [5.41, 5.74) is 12.0. The van der Waals surface area contributed by atoms with Crippen molar-refractivity contribution < 1.29 is 14.3 Å². The third-order valence-electron chi connectivity index (χ3n) is 4.28. The minimum Gasteiger partial charge on any atom is -0.484 e. The molecule has 7 nitrogen and oxygen atoms in total. The molecule has 0 radical (unpaired) electrons. The van der Waals surface area contributed by atoms with Crippen molar-refractivity contribution in [1.29, 1.82) is 0 Å². The van der Waals surface area contributed by atoms with Crippen molar-refractivity contribution in [3.63, 3.8) is 0 Å². The van der Waals surface area contributed by atoms with Crippen molar-refractivity contribution in [1.82, 2.24) is 9.99 Å². The quantitative estimate of drug-likeness (QED) is 0.479. The van der Waals surface area contributed by atoms with Gasteiger partial charge < -0.3 is 15.0 Å². The Bertz CT molecular complexity index is 1030. The molecular formula is C22H22N4O3. The Balaban J connectivity index is 1.64. The summed E-state index contributed by atoms with van der Waals surface area (Å²) < 4.78 is 7.28. The van der Waals surface area contributed by atoms with Crippen LogP contribution in [0.15, 0.2) is 65.8 Å². The number of aromatic nitrogens is 1. The average Bonchev–Trinajstić information content (AvgIpc) is 3.05. The van der Waals surface area contributed by atoms with Gasteiger partial charge in [-0.3, -0.25) is 9.59 Å². The molecule has 0 fully saturated rings. The molecule has 0 atom stereocenters. The first kappa shape index (κ1) is 19.9. The first-order chi connectivity index (χ1) is 13.9. The normalized spacial score (nSPS) is 10.8. The maximum absolute atomic E-state index is 12.4. The van der Waals surface area contributed by atoms with Gasteiger partial charge in [-0.15, -0.1) is 0 Å². The SMILES string of the molecule is Cc1ccc(C)n1-c1cccc(C(=O)N/N=C\c2ccc(OCC(N)=O)cc2)c1. The van der Waals surface area contributed by atoms with E-state index in [0.717, 1.165) is 22.6 Å². The van der Waals surface area contributed by atoms with Crippen LogP contribution in [0.2, 0.25) is 0 Å². The highest BCUT2D eigenvalue weighted by molar-refractivity contribution is 5.95. The van der Waals surface area contributed by atoms with E-state index in [0.29, 0.717) is 11.3 Å². The maximum atomic E-state index is 12.4. The third-order valence-corrected chi connectivity index (χ3v) is 4.28. The number of ether oxygens (including phenoxy) is 1. The number of amides is 2. The molecule has 0 saturated heterocycles. The Morgan fingerprint density at radius 1 is 1.07 bits per heavy atom. The van der Waals surface area contributed by atoms with E-state index in [1.54, 1.807) is 30.3 Å². The van der Waals surface area contributed by atoms with E-state index in [1.165, 1.54) is 6.21 Å². The van der Waals surface area contributed by atoms with E-state index in [2.05, 4.69) is 15.1 Å². The van der Waals surface area contributed by atoms with Gasteiger partial charge in [-0.2, -0.15) is 5.10 Å². The summed E-state index contributed by atoms with van der Waals surface area (Å²) in [5.74, 6) is -0.311. The van der Waals surface area contributed by atoms with Crippen LogP contribution in [0.4, 0.5) is 0 Å². The molecular weight excluding hydrogens is 368 g/mol. The number of primary amides is 1. The number of hydrogen-bond acceptors (Lipinski definition) is 4. The first-order valence-corrected chi connectivity index (χ1v) is 9.04.